The van der Waals surface area contributed by atoms with Crippen LogP contribution in [-0.4, -0.2) is 4.98 Å². The fourth-order valence-electron chi connectivity index (χ4n) is 1.14. The number of hydrogen-bond acceptors (Lipinski definition) is 1. The largest absolute Gasteiger partial charge is 0.254 e. The average Bonchev–Trinajstić information content (AvgIpc) is 2.19. The van der Waals surface area contributed by atoms with Gasteiger partial charge in [-0.3, -0.25) is 4.98 Å². The Bertz CT molecular complexity index is 398. The van der Waals surface area contributed by atoms with E-state index in [9.17, 15) is 0 Å². The van der Waals surface area contributed by atoms with E-state index in [2.05, 4.69) is 27.1 Å². The summed E-state index contributed by atoms with van der Waals surface area (Å²) in [5.74, 6) is 0. The summed E-state index contributed by atoms with van der Waals surface area (Å²) < 4.78 is 1.07. The van der Waals surface area contributed by atoms with Crippen LogP contribution >= 0.6 is 15.9 Å². The third-order valence-corrected chi connectivity index (χ3v) is 2.24. The van der Waals surface area contributed by atoms with Crippen LogP contribution in [0.4, 0.5) is 0 Å². The van der Waals surface area contributed by atoms with Gasteiger partial charge >= 0.3 is 0 Å². The third kappa shape index (κ3) is 1.95. The maximum absolute atomic E-state index is 3.95. The molecule has 0 aliphatic carbocycles. The Morgan fingerprint density at radius 3 is 2.77 bits per heavy atom. The Morgan fingerprint density at radius 2 is 2.08 bits per heavy atom. The standard InChI is InChI=1S/C11H7BrN/c12-11-5-1-3-9(7-11)10-4-2-6-13-8-10/h1-7H. The van der Waals surface area contributed by atoms with Crippen molar-refractivity contribution in [2.45, 2.75) is 0 Å². The molecule has 0 amide bonds. The summed E-state index contributed by atoms with van der Waals surface area (Å²) in [7, 11) is 0. The van der Waals surface area contributed by atoms with Gasteiger partial charge in [-0.2, -0.15) is 0 Å². The summed E-state index contributed by atoms with van der Waals surface area (Å²) in [5, 5.41) is 0. The summed E-state index contributed by atoms with van der Waals surface area (Å²) in [6, 6.07) is 12.0. The lowest BCUT2D eigenvalue weighted by Crippen LogP contribution is -1.78. The molecule has 63 valence electrons. The molecule has 1 heterocycles. The number of aromatic nitrogens is 1. The first-order valence-electron chi connectivity index (χ1n) is 3.95. The molecule has 2 aromatic rings. The molecule has 0 bridgehead atoms. The molecule has 1 radical (unpaired) electrons. The zero-order valence-corrected chi connectivity index (χ0v) is 8.45. The number of pyridine rings is 1. The first kappa shape index (κ1) is 8.45. The molecule has 0 saturated carbocycles. The van der Waals surface area contributed by atoms with Crippen molar-refractivity contribution in [3.05, 3.63) is 53.3 Å². The number of halogens is 1. The zero-order valence-electron chi connectivity index (χ0n) is 6.87. The first-order valence-corrected chi connectivity index (χ1v) is 4.74. The van der Waals surface area contributed by atoms with E-state index in [4.69, 9.17) is 0 Å². The van der Waals surface area contributed by atoms with Gasteiger partial charge in [0.15, 0.2) is 0 Å². The summed E-state index contributed by atoms with van der Waals surface area (Å²) in [4.78, 5) is 3.95. The number of rotatable bonds is 1. The maximum atomic E-state index is 3.95. The van der Waals surface area contributed by atoms with Crippen LogP contribution in [0.3, 0.4) is 0 Å². The quantitative estimate of drug-likeness (QED) is 0.736. The summed E-state index contributed by atoms with van der Waals surface area (Å²) in [6.07, 6.45) is 4.66. The van der Waals surface area contributed by atoms with Crippen molar-refractivity contribution in [2.24, 2.45) is 0 Å². The first-order chi connectivity index (χ1) is 6.36. The lowest BCUT2D eigenvalue weighted by Gasteiger charge is -1.99. The third-order valence-electron chi connectivity index (χ3n) is 1.74. The topological polar surface area (TPSA) is 12.9 Å². The van der Waals surface area contributed by atoms with Crippen molar-refractivity contribution in [1.82, 2.24) is 4.98 Å². The molecule has 0 spiro atoms. The molecular formula is C11H7BrN. The molecule has 0 aliphatic heterocycles. The lowest BCUT2D eigenvalue weighted by molar-refractivity contribution is 1.31. The highest BCUT2D eigenvalue weighted by Crippen LogP contribution is 2.21. The molecule has 1 aromatic carbocycles. The molecule has 2 heteroatoms. The van der Waals surface area contributed by atoms with Crippen LogP contribution < -0.4 is 0 Å². The van der Waals surface area contributed by atoms with Crippen LogP contribution in [0.25, 0.3) is 11.1 Å². The second-order valence-electron chi connectivity index (χ2n) is 2.67. The van der Waals surface area contributed by atoms with Gasteiger partial charge in [0.1, 0.15) is 0 Å². The Morgan fingerprint density at radius 1 is 1.15 bits per heavy atom. The van der Waals surface area contributed by atoms with Crippen LogP contribution in [0.2, 0.25) is 0 Å². The number of hydrogen-bond donors (Lipinski definition) is 0. The molecular weight excluding hydrogens is 226 g/mol. The van der Waals surface area contributed by atoms with Crippen molar-refractivity contribution >= 4 is 15.9 Å². The molecule has 13 heavy (non-hydrogen) atoms. The van der Waals surface area contributed by atoms with E-state index in [1.807, 2.05) is 36.4 Å². The molecule has 0 atom stereocenters. The average molecular weight is 233 g/mol. The molecule has 0 unspecified atom stereocenters. The van der Waals surface area contributed by atoms with Crippen molar-refractivity contribution in [2.75, 3.05) is 0 Å². The van der Waals surface area contributed by atoms with Gasteiger partial charge in [-0.25, -0.2) is 0 Å². The highest BCUT2D eigenvalue weighted by atomic mass is 79.9. The normalized spacial score (nSPS) is 9.92. The minimum absolute atomic E-state index is 1.02. The smallest absolute Gasteiger partial charge is 0.0970 e. The number of benzene rings is 1. The SMILES string of the molecule is Brc1cccc(-c2[c]nccc2)c1. The Kier molecular flexibility index (Phi) is 2.41. The van der Waals surface area contributed by atoms with E-state index in [1.165, 1.54) is 0 Å². The molecule has 0 fully saturated rings. The van der Waals surface area contributed by atoms with Crippen molar-refractivity contribution in [1.29, 1.82) is 0 Å². The lowest BCUT2D eigenvalue weighted by atomic mass is 10.1. The molecule has 2 rings (SSSR count). The van der Waals surface area contributed by atoms with Crippen molar-refractivity contribution in [3.63, 3.8) is 0 Å². The van der Waals surface area contributed by atoms with E-state index >= 15 is 0 Å². The van der Waals surface area contributed by atoms with Crippen molar-refractivity contribution < 1.29 is 0 Å². The van der Waals surface area contributed by atoms with E-state index in [1.54, 1.807) is 6.20 Å². The minimum atomic E-state index is 1.02. The highest BCUT2D eigenvalue weighted by Gasteiger charge is 1.96. The molecule has 0 saturated heterocycles. The maximum Gasteiger partial charge on any atom is 0.0970 e. The van der Waals surface area contributed by atoms with Crippen LogP contribution in [0.5, 0.6) is 0 Å². The summed E-state index contributed by atoms with van der Waals surface area (Å²) in [6.45, 7) is 0. The van der Waals surface area contributed by atoms with Gasteiger partial charge in [0, 0.05) is 16.2 Å². The molecule has 0 N–H and O–H groups in total. The number of nitrogens with zero attached hydrogens (tertiary/aromatic N) is 1. The van der Waals surface area contributed by atoms with Gasteiger partial charge in [-0.1, -0.05) is 34.1 Å². The fourth-order valence-corrected chi connectivity index (χ4v) is 1.54. The Labute approximate surface area is 85.6 Å². The summed E-state index contributed by atoms with van der Waals surface area (Å²) in [5.41, 5.74) is 2.14. The Hall–Kier alpha value is -1.15. The van der Waals surface area contributed by atoms with Gasteiger partial charge in [0.25, 0.3) is 0 Å². The van der Waals surface area contributed by atoms with Gasteiger partial charge in [-0.15, -0.1) is 0 Å². The highest BCUT2D eigenvalue weighted by molar-refractivity contribution is 9.10. The van der Waals surface area contributed by atoms with Gasteiger partial charge in [0.05, 0.1) is 6.20 Å². The van der Waals surface area contributed by atoms with Crippen molar-refractivity contribution in [3.8, 4) is 11.1 Å². The van der Waals surface area contributed by atoms with Crippen LogP contribution in [0, 0.1) is 6.20 Å². The second kappa shape index (κ2) is 3.71. The van der Waals surface area contributed by atoms with Gasteiger partial charge in [-0.05, 0) is 23.8 Å². The van der Waals surface area contributed by atoms with E-state index in [-0.39, 0.29) is 0 Å². The van der Waals surface area contributed by atoms with Crippen LogP contribution in [0.15, 0.2) is 47.1 Å². The minimum Gasteiger partial charge on any atom is -0.254 e. The van der Waals surface area contributed by atoms with E-state index in [0.29, 0.717) is 0 Å². The fraction of sp³-hybridized carbons (Fsp3) is 0. The monoisotopic (exact) mass is 232 g/mol. The predicted molar refractivity (Wildman–Crippen MR) is 56.2 cm³/mol. The molecule has 0 aliphatic rings. The summed E-state index contributed by atoms with van der Waals surface area (Å²) >= 11 is 3.43. The zero-order chi connectivity index (χ0) is 9.10. The molecule has 1 nitrogen and oxygen atoms in total. The van der Waals surface area contributed by atoms with Crippen LogP contribution in [0.1, 0.15) is 0 Å². The Balaban J connectivity index is 2.48. The van der Waals surface area contributed by atoms with Crippen LogP contribution in [-0.2, 0) is 0 Å². The van der Waals surface area contributed by atoms with Gasteiger partial charge in [0.2, 0.25) is 0 Å². The van der Waals surface area contributed by atoms with E-state index in [0.717, 1.165) is 15.6 Å². The predicted octanol–water partition coefficient (Wildman–Crippen LogP) is 3.31. The van der Waals surface area contributed by atoms with E-state index < -0.39 is 0 Å². The van der Waals surface area contributed by atoms with Gasteiger partial charge < -0.3 is 0 Å². The molecule has 1 aromatic heterocycles. The second-order valence-corrected chi connectivity index (χ2v) is 3.59.